The third-order valence-corrected chi connectivity index (χ3v) is 5.00. The van der Waals surface area contributed by atoms with Gasteiger partial charge in [0.25, 0.3) is 0 Å². The van der Waals surface area contributed by atoms with E-state index in [9.17, 15) is 0 Å². The van der Waals surface area contributed by atoms with Crippen LogP contribution in [0.15, 0.2) is 46.9 Å². The minimum absolute atomic E-state index is 0.343. The molecule has 1 nitrogen and oxygen atoms in total. The fourth-order valence-corrected chi connectivity index (χ4v) is 3.44. The highest BCUT2D eigenvalue weighted by Gasteiger charge is 2.14. The smallest absolute Gasteiger partial charge is 0.122 e. The van der Waals surface area contributed by atoms with E-state index >= 15 is 0 Å². The van der Waals surface area contributed by atoms with Crippen LogP contribution in [0.2, 0.25) is 0 Å². The lowest BCUT2D eigenvalue weighted by atomic mass is 9.99. The average molecular weight is 396 g/mol. The summed E-state index contributed by atoms with van der Waals surface area (Å²) in [4.78, 5) is 0.343. The summed E-state index contributed by atoms with van der Waals surface area (Å²) in [6, 6.07) is 15.1. The molecular weight excluding hydrogens is 380 g/mol. The molecule has 3 heteroatoms. The number of fused-ring (bicyclic) bond motifs is 1. The van der Waals surface area contributed by atoms with Crippen molar-refractivity contribution in [1.82, 2.24) is 0 Å². The first kappa shape index (κ1) is 14.2. The zero-order chi connectivity index (χ0) is 13.9. The van der Waals surface area contributed by atoms with Crippen LogP contribution < -0.4 is 4.74 Å². The molecule has 104 valence electrons. The second kappa shape index (κ2) is 6.31. The van der Waals surface area contributed by atoms with E-state index in [-0.39, 0.29) is 0 Å². The van der Waals surface area contributed by atoms with E-state index in [1.807, 2.05) is 0 Å². The van der Waals surface area contributed by atoms with Crippen molar-refractivity contribution in [2.45, 2.75) is 24.1 Å². The normalized spacial score (nSPS) is 15.3. The van der Waals surface area contributed by atoms with Crippen LogP contribution in [0.1, 0.15) is 27.9 Å². The summed E-state index contributed by atoms with van der Waals surface area (Å²) < 4.78 is 6.79. The summed E-state index contributed by atoms with van der Waals surface area (Å²) in [5.74, 6) is 1.06. The highest BCUT2D eigenvalue weighted by Crippen LogP contribution is 2.33. The molecule has 0 saturated carbocycles. The molecule has 2 aromatic carbocycles. The summed E-state index contributed by atoms with van der Waals surface area (Å²) in [5, 5.41) is 0. The number of hydrogen-bond donors (Lipinski definition) is 0. The van der Waals surface area contributed by atoms with Gasteiger partial charge in [-0.1, -0.05) is 56.1 Å². The molecule has 1 aliphatic heterocycles. The first-order valence-corrected chi connectivity index (χ1v) is 8.57. The van der Waals surface area contributed by atoms with Crippen molar-refractivity contribution < 1.29 is 4.74 Å². The van der Waals surface area contributed by atoms with E-state index in [1.54, 1.807) is 0 Å². The summed E-state index contributed by atoms with van der Waals surface area (Å²) in [6.45, 7) is 0.850. The van der Waals surface area contributed by atoms with Gasteiger partial charge in [0, 0.05) is 9.30 Å². The van der Waals surface area contributed by atoms with Gasteiger partial charge < -0.3 is 4.74 Å². The molecule has 0 radical (unpaired) electrons. The van der Waals surface area contributed by atoms with Gasteiger partial charge in [-0.25, -0.2) is 0 Å². The van der Waals surface area contributed by atoms with Gasteiger partial charge in [0.05, 0.1) is 6.61 Å². The first-order chi connectivity index (χ1) is 9.72. The average Bonchev–Trinajstić information content (AvgIpc) is 2.49. The Morgan fingerprint density at radius 3 is 2.70 bits per heavy atom. The minimum atomic E-state index is 0.343. The van der Waals surface area contributed by atoms with Crippen LogP contribution in [0.5, 0.6) is 5.75 Å². The molecule has 0 amide bonds. The van der Waals surface area contributed by atoms with Crippen molar-refractivity contribution in [1.29, 1.82) is 0 Å². The number of aryl methyl sites for hydroxylation is 1. The highest BCUT2D eigenvalue weighted by molar-refractivity contribution is 9.10. The summed E-state index contributed by atoms with van der Waals surface area (Å²) >= 11 is 7.29. The molecule has 0 spiro atoms. The number of halogens is 2. The van der Waals surface area contributed by atoms with Crippen LogP contribution in [-0.2, 0) is 12.8 Å². The molecule has 1 aliphatic rings. The van der Waals surface area contributed by atoms with E-state index in [0.29, 0.717) is 4.83 Å². The monoisotopic (exact) mass is 394 g/mol. The Morgan fingerprint density at radius 1 is 1.10 bits per heavy atom. The lowest BCUT2D eigenvalue weighted by Crippen LogP contribution is -2.09. The van der Waals surface area contributed by atoms with Gasteiger partial charge in [0.15, 0.2) is 0 Å². The molecule has 0 saturated heterocycles. The van der Waals surface area contributed by atoms with Gasteiger partial charge in [-0.15, -0.1) is 0 Å². The SMILES string of the molecule is Brc1ccc(CC(Br)c2ccc3c(c2)CCCO3)cc1. The number of benzene rings is 2. The maximum absolute atomic E-state index is 5.67. The number of alkyl halides is 1. The van der Waals surface area contributed by atoms with Gasteiger partial charge in [-0.2, -0.15) is 0 Å². The van der Waals surface area contributed by atoms with Crippen LogP contribution in [0.4, 0.5) is 0 Å². The van der Waals surface area contributed by atoms with Gasteiger partial charge in [0.1, 0.15) is 5.75 Å². The zero-order valence-electron chi connectivity index (χ0n) is 11.1. The van der Waals surface area contributed by atoms with Gasteiger partial charge in [-0.05, 0) is 54.2 Å². The fraction of sp³-hybridized carbons (Fsp3) is 0.294. The predicted molar refractivity (Wildman–Crippen MR) is 89.8 cm³/mol. The highest BCUT2D eigenvalue weighted by atomic mass is 79.9. The summed E-state index contributed by atoms with van der Waals surface area (Å²) in [6.07, 6.45) is 3.24. The molecule has 0 fully saturated rings. The Bertz CT molecular complexity index is 592. The standard InChI is InChI=1S/C17H16Br2O/c18-15-6-3-12(4-7-15)10-16(19)13-5-8-17-14(11-13)2-1-9-20-17/h3-8,11,16H,1-2,9-10H2. The zero-order valence-corrected chi connectivity index (χ0v) is 14.3. The molecule has 0 aliphatic carbocycles. The molecular formula is C17H16Br2O. The van der Waals surface area contributed by atoms with E-state index < -0.39 is 0 Å². The number of ether oxygens (including phenoxy) is 1. The summed E-state index contributed by atoms with van der Waals surface area (Å²) in [7, 11) is 0. The second-order valence-electron chi connectivity index (χ2n) is 5.12. The van der Waals surface area contributed by atoms with E-state index in [2.05, 4.69) is 74.3 Å². The Balaban J connectivity index is 1.76. The van der Waals surface area contributed by atoms with E-state index in [1.165, 1.54) is 16.7 Å². The molecule has 0 N–H and O–H groups in total. The van der Waals surface area contributed by atoms with E-state index in [0.717, 1.165) is 36.1 Å². The fourth-order valence-electron chi connectivity index (χ4n) is 2.52. The van der Waals surface area contributed by atoms with Gasteiger partial charge in [0.2, 0.25) is 0 Å². The minimum Gasteiger partial charge on any atom is -0.493 e. The Hall–Kier alpha value is -0.800. The summed E-state index contributed by atoms with van der Waals surface area (Å²) in [5.41, 5.74) is 4.01. The molecule has 0 bridgehead atoms. The molecule has 2 aromatic rings. The third kappa shape index (κ3) is 3.26. The maximum atomic E-state index is 5.67. The van der Waals surface area contributed by atoms with Crippen molar-refractivity contribution in [3.05, 3.63) is 63.6 Å². The van der Waals surface area contributed by atoms with Crippen molar-refractivity contribution in [3.63, 3.8) is 0 Å². The van der Waals surface area contributed by atoms with Crippen LogP contribution in [0.3, 0.4) is 0 Å². The first-order valence-electron chi connectivity index (χ1n) is 6.86. The Morgan fingerprint density at radius 2 is 1.90 bits per heavy atom. The molecule has 1 heterocycles. The van der Waals surface area contributed by atoms with Crippen molar-refractivity contribution in [3.8, 4) is 5.75 Å². The lowest BCUT2D eigenvalue weighted by Gasteiger charge is -2.19. The largest absolute Gasteiger partial charge is 0.493 e. The maximum Gasteiger partial charge on any atom is 0.122 e. The number of hydrogen-bond acceptors (Lipinski definition) is 1. The van der Waals surface area contributed by atoms with Crippen LogP contribution in [0.25, 0.3) is 0 Å². The van der Waals surface area contributed by atoms with Gasteiger partial charge in [-0.3, -0.25) is 0 Å². The van der Waals surface area contributed by atoms with E-state index in [4.69, 9.17) is 4.74 Å². The lowest BCUT2D eigenvalue weighted by molar-refractivity contribution is 0.288. The number of rotatable bonds is 3. The molecule has 0 aromatic heterocycles. The quantitative estimate of drug-likeness (QED) is 0.627. The Labute approximate surface area is 136 Å². The Kier molecular flexibility index (Phi) is 4.47. The molecule has 1 unspecified atom stereocenters. The van der Waals surface area contributed by atoms with Crippen molar-refractivity contribution in [2.75, 3.05) is 6.61 Å². The third-order valence-electron chi connectivity index (χ3n) is 3.62. The molecule has 1 atom stereocenters. The second-order valence-corrected chi connectivity index (χ2v) is 7.14. The van der Waals surface area contributed by atoms with Crippen LogP contribution in [0, 0.1) is 0 Å². The van der Waals surface area contributed by atoms with Gasteiger partial charge >= 0.3 is 0 Å². The topological polar surface area (TPSA) is 9.23 Å². The predicted octanol–water partition coefficient (Wildman–Crippen LogP) is 5.45. The van der Waals surface area contributed by atoms with Crippen LogP contribution in [-0.4, -0.2) is 6.61 Å². The molecule has 20 heavy (non-hydrogen) atoms. The van der Waals surface area contributed by atoms with Crippen LogP contribution >= 0.6 is 31.9 Å². The van der Waals surface area contributed by atoms with Crippen molar-refractivity contribution >= 4 is 31.9 Å². The molecule has 3 rings (SSSR count). The van der Waals surface area contributed by atoms with Crippen molar-refractivity contribution in [2.24, 2.45) is 0 Å².